The van der Waals surface area contributed by atoms with E-state index in [0.29, 0.717) is 18.0 Å². The first-order valence-electron chi connectivity index (χ1n) is 12.6. The Morgan fingerprint density at radius 2 is 2.05 bits per heavy atom. The first kappa shape index (κ1) is 25.6. The van der Waals surface area contributed by atoms with Crippen LogP contribution >= 0.6 is 0 Å². The van der Waals surface area contributed by atoms with Crippen molar-refractivity contribution >= 4 is 28.6 Å². The van der Waals surface area contributed by atoms with Gasteiger partial charge in [0.25, 0.3) is 11.8 Å². The minimum absolute atomic E-state index is 0.0104. The van der Waals surface area contributed by atoms with Crippen molar-refractivity contribution in [3.63, 3.8) is 0 Å². The molecule has 12 nitrogen and oxygen atoms in total. The average Bonchev–Trinajstić information content (AvgIpc) is 3.70. The van der Waals surface area contributed by atoms with Crippen LogP contribution in [-0.4, -0.2) is 82.1 Å². The molecule has 3 heterocycles. The maximum atomic E-state index is 13.8. The third-order valence-corrected chi connectivity index (χ3v) is 7.79. The van der Waals surface area contributed by atoms with E-state index in [-0.39, 0.29) is 24.3 Å². The molecular formula is C26H32N6O6. The monoisotopic (exact) mass is 524 g/mol. The van der Waals surface area contributed by atoms with Crippen molar-refractivity contribution in [3.05, 3.63) is 52.8 Å². The van der Waals surface area contributed by atoms with Gasteiger partial charge in [-0.25, -0.2) is 9.86 Å². The highest BCUT2D eigenvalue weighted by atomic mass is 16.7. The number of methoxy groups -OCH3 is 1. The number of nitrogens with zero attached hydrogens (tertiary/aromatic N) is 3. The molecule has 5 rings (SSSR count). The summed E-state index contributed by atoms with van der Waals surface area (Å²) in [6.07, 6.45) is 5.71. The van der Waals surface area contributed by atoms with Gasteiger partial charge in [0.05, 0.1) is 20.8 Å². The summed E-state index contributed by atoms with van der Waals surface area (Å²) in [4.78, 5) is 65.1. The number of rotatable bonds is 8. The van der Waals surface area contributed by atoms with Crippen LogP contribution in [0.25, 0.3) is 10.9 Å². The number of hydrogen-bond acceptors (Lipinski definition) is 6. The van der Waals surface area contributed by atoms with Gasteiger partial charge in [-0.1, -0.05) is 12.5 Å². The zero-order valence-corrected chi connectivity index (χ0v) is 21.6. The Kier molecular flexibility index (Phi) is 6.98. The number of hydrogen-bond donors (Lipinski definition) is 3. The van der Waals surface area contributed by atoms with Crippen molar-refractivity contribution < 1.29 is 24.0 Å². The summed E-state index contributed by atoms with van der Waals surface area (Å²) in [5.74, 6) is -0.380. The Morgan fingerprint density at radius 3 is 2.76 bits per heavy atom. The molecule has 4 atom stereocenters. The Hall–Kier alpha value is -4.06. The highest BCUT2D eigenvalue weighted by molar-refractivity contribution is 6.02. The fourth-order valence-electron chi connectivity index (χ4n) is 5.87. The normalized spacial score (nSPS) is 21.3. The molecule has 3 amide bonds. The van der Waals surface area contributed by atoms with Gasteiger partial charge in [-0.05, 0) is 42.9 Å². The van der Waals surface area contributed by atoms with E-state index in [1.54, 1.807) is 18.1 Å². The Balaban J connectivity index is 1.43. The predicted octanol–water partition coefficient (Wildman–Crippen LogP) is 1.11. The molecule has 202 valence electrons. The molecule has 1 aliphatic carbocycles. The molecule has 1 aromatic carbocycles. The van der Waals surface area contributed by atoms with Crippen molar-refractivity contribution in [2.45, 2.75) is 37.9 Å². The lowest BCUT2D eigenvalue weighted by molar-refractivity contribution is -0.172. The van der Waals surface area contributed by atoms with E-state index < -0.39 is 29.6 Å². The smallest absolute Gasteiger partial charge is 0.325 e. The lowest BCUT2D eigenvalue weighted by Crippen LogP contribution is -2.56. The van der Waals surface area contributed by atoms with Crippen molar-refractivity contribution in [3.8, 4) is 5.75 Å². The van der Waals surface area contributed by atoms with Crippen molar-refractivity contribution in [2.24, 2.45) is 11.8 Å². The van der Waals surface area contributed by atoms with Crippen LogP contribution in [0.2, 0.25) is 0 Å². The van der Waals surface area contributed by atoms with E-state index in [4.69, 9.17) is 9.57 Å². The number of benzene rings is 1. The summed E-state index contributed by atoms with van der Waals surface area (Å²) >= 11 is 0. The van der Waals surface area contributed by atoms with Gasteiger partial charge in [-0.2, -0.15) is 0 Å². The van der Waals surface area contributed by atoms with Crippen LogP contribution in [0.4, 0.5) is 0 Å². The Morgan fingerprint density at radius 1 is 1.24 bits per heavy atom. The fourth-order valence-corrected chi connectivity index (χ4v) is 5.87. The quantitative estimate of drug-likeness (QED) is 0.377. The summed E-state index contributed by atoms with van der Waals surface area (Å²) in [5, 5.41) is 4.62. The molecular weight excluding hydrogens is 492 g/mol. The van der Waals surface area contributed by atoms with Crippen LogP contribution in [0.5, 0.6) is 5.75 Å². The fraction of sp³-hybridized carbons (Fsp3) is 0.462. The third kappa shape index (κ3) is 4.55. The summed E-state index contributed by atoms with van der Waals surface area (Å²) in [7, 11) is 4.35. The zero-order valence-electron chi connectivity index (χ0n) is 21.6. The number of carbonyl (C=O) groups excluding carboxylic acids is 3. The maximum absolute atomic E-state index is 13.8. The number of nitrogens with one attached hydrogen (secondary N) is 3. The molecule has 0 bridgehead atoms. The number of carbonyl (C=O) groups is 3. The largest absolute Gasteiger partial charge is 0.496 e. The summed E-state index contributed by atoms with van der Waals surface area (Å²) < 4.78 is 6.74. The molecule has 1 saturated heterocycles. The number of fused-ring (bicyclic) bond motifs is 2. The molecule has 1 saturated carbocycles. The minimum Gasteiger partial charge on any atom is -0.496 e. The summed E-state index contributed by atoms with van der Waals surface area (Å²) in [5.41, 5.74) is 0.728. The molecule has 2 fully saturated rings. The number of H-pyrrole nitrogens is 2. The number of likely N-dealkylation sites (N-methyl/N-ethyl adjacent to an activating group) is 1. The van der Waals surface area contributed by atoms with E-state index >= 15 is 0 Å². The highest BCUT2D eigenvalue weighted by Gasteiger charge is 2.50. The Labute approximate surface area is 218 Å². The number of likely N-dealkylation sites (tertiary alicyclic amines) is 1. The molecule has 3 N–H and O–H groups in total. The van der Waals surface area contributed by atoms with Crippen molar-refractivity contribution in [1.29, 1.82) is 0 Å². The lowest BCUT2D eigenvalue weighted by atomic mass is 9.93. The number of aromatic amines is 2. The zero-order chi connectivity index (χ0) is 27.0. The number of imidazole rings is 1. The molecule has 0 radical (unpaired) electrons. The second kappa shape index (κ2) is 10.4. The van der Waals surface area contributed by atoms with Crippen LogP contribution in [0.3, 0.4) is 0 Å². The maximum Gasteiger partial charge on any atom is 0.325 e. The van der Waals surface area contributed by atoms with Crippen LogP contribution < -0.4 is 15.7 Å². The second-order valence-corrected chi connectivity index (χ2v) is 9.86. The standard InChI is InChI=1S/C26H32N6O6/c1-30(38-3)24(34)20(14-31-11-10-27-26(31)36)29-23(33)22-16-7-4-6-15(16)13-32(22)25(35)19-12-17-18(28-19)8-5-9-21(17)37-2/h5,8-12,15-16,20,22,28H,4,6-7,13-14H2,1-3H3,(H,27,36)(H,29,33)/t15-,16-,20-,22-/m0/s1. The van der Waals surface area contributed by atoms with Crippen LogP contribution in [0.15, 0.2) is 41.5 Å². The van der Waals surface area contributed by atoms with E-state index in [0.717, 1.165) is 35.2 Å². The molecule has 2 aliphatic rings. The van der Waals surface area contributed by atoms with Gasteiger partial charge in [-0.3, -0.25) is 23.8 Å². The first-order valence-corrected chi connectivity index (χ1v) is 12.6. The molecule has 12 heteroatoms. The van der Waals surface area contributed by atoms with Gasteiger partial charge >= 0.3 is 5.69 Å². The number of amides is 3. The van der Waals surface area contributed by atoms with Gasteiger partial charge in [0.1, 0.15) is 23.5 Å². The van der Waals surface area contributed by atoms with E-state index in [2.05, 4.69) is 15.3 Å². The first-order chi connectivity index (χ1) is 18.3. The van der Waals surface area contributed by atoms with Crippen molar-refractivity contribution in [2.75, 3.05) is 27.8 Å². The number of aromatic nitrogens is 3. The predicted molar refractivity (Wildman–Crippen MR) is 137 cm³/mol. The van der Waals surface area contributed by atoms with E-state index in [1.165, 1.54) is 31.1 Å². The van der Waals surface area contributed by atoms with Crippen LogP contribution in [0.1, 0.15) is 29.8 Å². The van der Waals surface area contributed by atoms with Gasteiger partial charge in [0, 0.05) is 36.9 Å². The molecule has 2 aromatic heterocycles. The minimum atomic E-state index is -1.07. The van der Waals surface area contributed by atoms with Gasteiger partial charge < -0.3 is 24.9 Å². The average molecular weight is 525 g/mol. The SMILES string of the molecule is COc1cccc2[nH]c(C(=O)N3C[C@@H]4CCC[C@@H]4[C@H]3C(=O)N[C@@H](Cn3cc[nH]c3=O)C(=O)N(C)OC)cc12. The highest BCUT2D eigenvalue weighted by Crippen LogP contribution is 2.43. The molecule has 0 spiro atoms. The second-order valence-electron chi connectivity index (χ2n) is 9.86. The van der Waals surface area contributed by atoms with Gasteiger partial charge in [-0.15, -0.1) is 0 Å². The molecule has 1 aliphatic heterocycles. The van der Waals surface area contributed by atoms with Gasteiger partial charge in [0.15, 0.2) is 0 Å². The summed E-state index contributed by atoms with van der Waals surface area (Å²) in [6, 6.07) is 5.46. The van der Waals surface area contributed by atoms with Crippen molar-refractivity contribution in [1.82, 2.24) is 29.8 Å². The lowest BCUT2D eigenvalue weighted by Gasteiger charge is -2.29. The van der Waals surface area contributed by atoms with E-state index in [1.807, 2.05) is 18.2 Å². The molecule has 0 unspecified atom stereocenters. The molecule has 38 heavy (non-hydrogen) atoms. The van der Waals surface area contributed by atoms with E-state index in [9.17, 15) is 19.2 Å². The number of hydroxylamine groups is 2. The summed E-state index contributed by atoms with van der Waals surface area (Å²) in [6.45, 7) is 0.374. The Bertz CT molecular complexity index is 1410. The van der Waals surface area contributed by atoms with Crippen LogP contribution in [-0.2, 0) is 21.0 Å². The topological polar surface area (TPSA) is 142 Å². The van der Waals surface area contributed by atoms with Crippen LogP contribution in [0, 0.1) is 11.8 Å². The third-order valence-electron chi connectivity index (χ3n) is 7.79. The molecule has 3 aromatic rings. The van der Waals surface area contributed by atoms with Gasteiger partial charge in [0.2, 0.25) is 5.91 Å². The number of ether oxygens (including phenoxy) is 1.